The number of hydrogen-bond acceptors (Lipinski definition) is 3. The first-order valence-corrected chi connectivity index (χ1v) is 5.97. The van der Waals surface area contributed by atoms with Gasteiger partial charge < -0.3 is 16.4 Å². The number of aromatic amines is 1. The molecule has 0 aromatic carbocycles. The summed E-state index contributed by atoms with van der Waals surface area (Å²) < 4.78 is 0. The van der Waals surface area contributed by atoms with E-state index in [0.717, 1.165) is 6.42 Å². The van der Waals surface area contributed by atoms with Gasteiger partial charge in [0.1, 0.15) is 5.69 Å². The van der Waals surface area contributed by atoms with Crippen LogP contribution in [0.4, 0.5) is 0 Å². The molecule has 0 aliphatic rings. The summed E-state index contributed by atoms with van der Waals surface area (Å²) in [5, 5.41) is 12.0. The third-order valence-electron chi connectivity index (χ3n) is 2.43. The summed E-state index contributed by atoms with van der Waals surface area (Å²) in [6, 6.07) is 1.91. The van der Waals surface area contributed by atoms with Crippen molar-refractivity contribution in [2.24, 2.45) is 10.7 Å². The van der Waals surface area contributed by atoms with Crippen molar-refractivity contribution < 1.29 is 4.79 Å². The maximum atomic E-state index is 11.5. The summed E-state index contributed by atoms with van der Waals surface area (Å²) in [7, 11) is 0. The molecule has 18 heavy (non-hydrogen) atoms. The van der Waals surface area contributed by atoms with E-state index in [1.165, 1.54) is 6.20 Å². The van der Waals surface area contributed by atoms with E-state index < -0.39 is 0 Å². The zero-order valence-electron chi connectivity index (χ0n) is 10.7. The monoisotopic (exact) mass is 252 g/mol. The van der Waals surface area contributed by atoms with Crippen LogP contribution in [0.5, 0.6) is 0 Å². The Morgan fingerprint density at radius 2 is 2.44 bits per heavy atom. The lowest BCUT2D eigenvalue weighted by molar-refractivity contribution is 0.0950. The van der Waals surface area contributed by atoms with Gasteiger partial charge >= 0.3 is 0 Å². The smallest absolute Gasteiger partial charge is 0.269 e. The Kier molecular flexibility index (Phi) is 5.69. The largest absolute Gasteiger partial charge is 0.370 e. The minimum Gasteiger partial charge on any atom is -0.370 e. The van der Waals surface area contributed by atoms with Crippen LogP contribution in [0.15, 0.2) is 17.3 Å². The van der Waals surface area contributed by atoms with Crippen molar-refractivity contribution in [2.75, 3.05) is 13.1 Å². The quantitative estimate of drug-likeness (QED) is 0.320. The fourth-order valence-corrected chi connectivity index (χ4v) is 1.22. The number of nitrogens with two attached hydrogens (primary N) is 1. The van der Waals surface area contributed by atoms with Crippen molar-refractivity contribution in [3.05, 3.63) is 18.0 Å². The van der Waals surface area contributed by atoms with Gasteiger partial charge in [-0.05, 0) is 19.4 Å². The molecule has 0 spiro atoms. The summed E-state index contributed by atoms with van der Waals surface area (Å²) in [5.41, 5.74) is 6.11. The van der Waals surface area contributed by atoms with Gasteiger partial charge in [0.05, 0.1) is 6.54 Å². The Morgan fingerprint density at radius 1 is 1.67 bits per heavy atom. The molecule has 0 bridgehead atoms. The lowest BCUT2D eigenvalue weighted by atomic mass is 10.3. The van der Waals surface area contributed by atoms with Gasteiger partial charge in [-0.3, -0.25) is 14.9 Å². The highest BCUT2D eigenvalue weighted by atomic mass is 16.1. The molecule has 1 amide bonds. The molecular formula is C11H20N6O. The number of amides is 1. The SMILES string of the molecule is CCC(C)NC(N)=NCCNC(=O)c1ccn[nH]1. The molecule has 0 aliphatic heterocycles. The number of carbonyl (C=O) groups is 1. The minimum atomic E-state index is -0.198. The average Bonchev–Trinajstić information content (AvgIpc) is 2.88. The third kappa shape index (κ3) is 4.86. The first-order chi connectivity index (χ1) is 8.63. The van der Waals surface area contributed by atoms with Crippen molar-refractivity contribution in [1.29, 1.82) is 0 Å². The Balaban J connectivity index is 2.22. The first kappa shape index (κ1) is 14.0. The van der Waals surface area contributed by atoms with E-state index in [1.54, 1.807) is 6.07 Å². The van der Waals surface area contributed by atoms with E-state index in [1.807, 2.05) is 6.92 Å². The van der Waals surface area contributed by atoms with E-state index in [4.69, 9.17) is 5.73 Å². The lowest BCUT2D eigenvalue weighted by Crippen LogP contribution is -2.38. The van der Waals surface area contributed by atoms with Crippen LogP contribution in [0, 0.1) is 0 Å². The summed E-state index contributed by atoms with van der Waals surface area (Å²) in [4.78, 5) is 15.6. The highest BCUT2D eigenvalue weighted by Crippen LogP contribution is 1.90. The summed E-state index contributed by atoms with van der Waals surface area (Å²) in [5.74, 6) is 0.205. The number of guanidine groups is 1. The molecule has 0 aliphatic carbocycles. The zero-order valence-corrected chi connectivity index (χ0v) is 10.7. The van der Waals surface area contributed by atoms with Gasteiger partial charge in [0.2, 0.25) is 0 Å². The molecule has 0 fully saturated rings. The summed E-state index contributed by atoms with van der Waals surface area (Å²) in [6.45, 7) is 4.97. The van der Waals surface area contributed by atoms with Crippen LogP contribution < -0.4 is 16.4 Å². The molecule has 1 rings (SSSR count). The number of rotatable bonds is 6. The van der Waals surface area contributed by atoms with Crippen LogP contribution in [0.25, 0.3) is 0 Å². The lowest BCUT2D eigenvalue weighted by Gasteiger charge is -2.11. The fraction of sp³-hybridized carbons (Fsp3) is 0.545. The van der Waals surface area contributed by atoms with Gasteiger partial charge in [0.25, 0.3) is 5.91 Å². The highest BCUT2D eigenvalue weighted by molar-refractivity contribution is 5.92. The number of aliphatic imine (C=N–C) groups is 1. The molecule has 7 nitrogen and oxygen atoms in total. The standard InChI is InChI=1S/C11H20N6O/c1-3-8(2)16-11(12)14-7-6-13-10(18)9-4-5-15-17-9/h4-5,8H,3,6-7H2,1-2H3,(H,13,18)(H,15,17)(H3,12,14,16). The van der Waals surface area contributed by atoms with Crippen LogP contribution in [0.1, 0.15) is 30.8 Å². The number of aromatic nitrogens is 2. The number of H-pyrrole nitrogens is 1. The van der Waals surface area contributed by atoms with Crippen molar-refractivity contribution in [2.45, 2.75) is 26.3 Å². The molecule has 0 saturated carbocycles. The van der Waals surface area contributed by atoms with Crippen LogP contribution in [-0.2, 0) is 0 Å². The maximum absolute atomic E-state index is 11.5. The van der Waals surface area contributed by atoms with E-state index in [2.05, 4.69) is 32.7 Å². The molecule has 1 aromatic rings. The van der Waals surface area contributed by atoms with Crippen LogP contribution in [-0.4, -0.2) is 41.2 Å². The van der Waals surface area contributed by atoms with Crippen molar-refractivity contribution in [3.63, 3.8) is 0 Å². The second kappa shape index (κ2) is 7.31. The van der Waals surface area contributed by atoms with Gasteiger partial charge in [0, 0.05) is 18.8 Å². The van der Waals surface area contributed by atoms with Gasteiger partial charge in [0.15, 0.2) is 5.96 Å². The summed E-state index contributed by atoms with van der Waals surface area (Å²) >= 11 is 0. The Hall–Kier alpha value is -2.05. The number of nitrogens with one attached hydrogen (secondary N) is 3. The molecule has 0 radical (unpaired) electrons. The molecule has 5 N–H and O–H groups in total. The number of hydrogen-bond donors (Lipinski definition) is 4. The van der Waals surface area contributed by atoms with E-state index in [0.29, 0.717) is 30.8 Å². The third-order valence-corrected chi connectivity index (χ3v) is 2.43. The molecule has 0 saturated heterocycles. The summed E-state index contributed by atoms with van der Waals surface area (Å²) in [6.07, 6.45) is 2.51. The van der Waals surface area contributed by atoms with Gasteiger partial charge in [-0.1, -0.05) is 6.92 Å². The average molecular weight is 252 g/mol. The Labute approximate surface area is 106 Å². The zero-order chi connectivity index (χ0) is 13.4. The van der Waals surface area contributed by atoms with E-state index in [-0.39, 0.29) is 5.91 Å². The molecule has 7 heteroatoms. The van der Waals surface area contributed by atoms with Gasteiger partial charge in [-0.25, -0.2) is 0 Å². The van der Waals surface area contributed by atoms with Gasteiger partial charge in [-0.15, -0.1) is 0 Å². The van der Waals surface area contributed by atoms with E-state index >= 15 is 0 Å². The van der Waals surface area contributed by atoms with Crippen LogP contribution in [0.3, 0.4) is 0 Å². The topological polar surface area (TPSA) is 108 Å². The Bertz CT molecular complexity index is 386. The second-order valence-electron chi connectivity index (χ2n) is 3.95. The molecule has 1 aromatic heterocycles. The predicted molar refractivity (Wildman–Crippen MR) is 70.3 cm³/mol. The highest BCUT2D eigenvalue weighted by Gasteiger charge is 2.04. The normalized spacial score (nSPS) is 13.1. The van der Waals surface area contributed by atoms with Gasteiger partial charge in [-0.2, -0.15) is 5.10 Å². The Morgan fingerprint density at radius 3 is 3.06 bits per heavy atom. The molecule has 100 valence electrons. The van der Waals surface area contributed by atoms with Crippen LogP contribution in [0.2, 0.25) is 0 Å². The maximum Gasteiger partial charge on any atom is 0.269 e. The van der Waals surface area contributed by atoms with E-state index in [9.17, 15) is 4.79 Å². The van der Waals surface area contributed by atoms with Crippen molar-refractivity contribution in [3.8, 4) is 0 Å². The predicted octanol–water partition coefficient (Wildman–Crippen LogP) is -0.158. The van der Waals surface area contributed by atoms with Crippen molar-refractivity contribution >= 4 is 11.9 Å². The fourth-order valence-electron chi connectivity index (χ4n) is 1.22. The minimum absolute atomic E-state index is 0.198. The van der Waals surface area contributed by atoms with Crippen molar-refractivity contribution in [1.82, 2.24) is 20.8 Å². The molecular weight excluding hydrogens is 232 g/mol. The van der Waals surface area contributed by atoms with Crippen LogP contribution >= 0.6 is 0 Å². The molecule has 1 heterocycles. The second-order valence-corrected chi connectivity index (χ2v) is 3.95. The first-order valence-electron chi connectivity index (χ1n) is 5.97. The molecule has 1 atom stereocenters. The molecule has 1 unspecified atom stereocenters. The number of nitrogens with zero attached hydrogens (tertiary/aromatic N) is 2. The number of carbonyl (C=O) groups excluding carboxylic acids is 1.